The van der Waals surface area contributed by atoms with Gasteiger partial charge >= 0.3 is 0 Å². The van der Waals surface area contributed by atoms with Crippen molar-refractivity contribution in [3.8, 4) is 5.75 Å². The minimum atomic E-state index is -0.537. The molecule has 0 radical (unpaired) electrons. The first kappa shape index (κ1) is 16.9. The molecule has 0 spiro atoms. The van der Waals surface area contributed by atoms with E-state index in [0.717, 1.165) is 18.2 Å². The van der Waals surface area contributed by atoms with E-state index in [0.29, 0.717) is 17.0 Å². The molecule has 1 amide bonds. The molecule has 0 aliphatic rings. The number of amides is 1. The molecule has 0 heterocycles. The number of carbonyl (C=O) groups excluding carboxylic acids is 1. The molecule has 0 saturated heterocycles. The van der Waals surface area contributed by atoms with Gasteiger partial charge in [0.1, 0.15) is 17.4 Å². The molecule has 2 aromatic carbocycles. The lowest BCUT2D eigenvalue weighted by atomic mass is 10.1. The summed E-state index contributed by atoms with van der Waals surface area (Å²) in [5.74, 6) is -0.884. The third kappa shape index (κ3) is 4.50. The molecule has 0 atom stereocenters. The highest BCUT2D eigenvalue weighted by Gasteiger charge is 2.09. The number of nitrogens with one attached hydrogen (secondary N) is 1. The van der Waals surface area contributed by atoms with Gasteiger partial charge < -0.3 is 15.2 Å². The Morgan fingerprint density at radius 3 is 2.65 bits per heavy atom. The van der Waals surface area contributed by atoms with E-state index in [1.165, 1.54) is 7.11 Å². The third-order valence-corrected chi connectivity index (χ3v) is 3.36. The number of halogens is 2. The van der Waals surface area contributed by atoms with Crippen molar-refractivity contribution in [2.75, 3.05) is 12.4 Å². The number of rotatable bonds is 6. The Balaban J connectivity index is 1.98. The maximum Gasteiger partial charge on any atom is 0.224 e. The fourth-order valence-electron chi connectivity index (χ4n) is 2.19. The Hall–Kier alpha value is -2.47. The van der Waals surface area contributed by atoms with Gasteiger partial charge in [0.15, 0.2) is 0 Å². The third-order valence-electron chi connectivity index (χ3n) is 3.36. The minimum absolute atomic E-state index is 0.0147. The van der Waals surface area contributed by atoms with Gasteiger partial charge in [-0.3, -0.25) is 4.79 Å². The lowest BCUT2D eigenvalue weighted by Gasteiger charge is -2.10. The molecule has 0 fully saturated rings. The number of hydrogen-bond donors (Lipinski definition) is 2. The largest absolute Gasteiger partial charge is 0.496 e. The van der Waals surface area contributed by atoms with Crippen LogP contribution in [-0.2, 0) is 17.8 Å². The van der Waals surface area contributed by atoms with Gasteiger partial charge in [-0.25, -0.2) is 8.78 Å². The lowest BCUT2D eigenvalue weighted by Crippen LogP contribution is -2.13. The van der Waals surface area contributed by atoms with Crippen LogP contribution in [0.25, 0.3) is 0 Å². The van der Waals surface area contributed by atoms with Crippen molar-refractivity contribution in [3.05, 3.63) is 59.2 Å². The van der Waals surface area contributed by atoms with E-state index in [1.54, 1.807) is 18.2 Å². The van der Waals surface area contributed by atoms with Crippen molar-refractivity contribution in [2.24, 2.45) is 0 Å². The minimum Gasteiger partial charge on any atom is -0.496 e. The number of carbonyl (C=O) groups is 1. The van der Waals surface area contributed by atoms with Crippen LogP contribution in [-0.4, -0.2) is 18.1 Å². The molecular formula is C17H17F2NO3. The first-order valence-electron chi connectivity index (χ1n) is 7.05. The molecule has 122 valence electrons. The van der Waals surface area contributed by atoms with Gasteiger partial charge in [0.25, 0.3) is 0 Å². The number of ether oxygens (including phenoxy) is 1. The second-order valence-electron chi connectivity index (χ2n) is 4.97. The number of aliphatic hydroxyl groups excluding tert-OH is 1. The zero-order valence-corrected chi connectivity index (χ0v) is 12.6. The monoisotopic (exact) mass is 321 g/mol. The predicted molar refractivity (Wildman–Crippen MR) is 82.2 cm³/mol. The quantitative estimate of drug-likeness (QED) is 0.860. The second kappa shape index (κ2) is 7.69. The summed E-state index contributed by atoms with van der Waals surface area (Å²) in [5, 5.41) is 11.9. The molecule has 23 heavy (non-hydrogen) atoms. The summed E-state index contributed by atoms with van der Waals surface area (Å²) in [6, 6.07) is 8.03. The molecule has 0 bridgehead atoms. The van der Waals surface area contributed by atoms with Crippen molar-refractivity contribution in [1.82, 2.24) is 0 Å². The number of aryl methyl sites for hydroxylation is 1. The van der Waals surface area contributed by atoms with Gasteiger partial charge in [-0.1, -0.05) is 0 Å². The maximum absolute atomic E-state index is 13.5. The van der Waals surface area contributed by atoms with E-state index in [1.807, 2.05) is 0 Å². The number of hydrogen-bond acceptors (Lipinski definition) is 3. The van der Waals surface area contributed by atoms with Crippen LogP contribution in [0, 0.1) is 11.6 Å². The number of aliphatic hydroxyl groups is 1. The highest BCUT2D eigenvalue weighted by molar-refractivity contribution is 5.91. The maximum atomic E-state index is 13.5. The van der Waals surface area contributed by atoms with Crippen molar-refractivity contribution in [3.63, 3.8) is 0 Å². The standard InChI is InChI=1S/C17H17F2NO3/c1-23-16-6-4-14(9-12(16)10-21)20-17(22)7-2-11-8-13(18)3-5-15(11)19/h3-6,8-9,21H,2,7,10H2,1H3,(H,20,22). The fourth-order valence-corrected chi connectivity index (χ4v) is 2.19. The zero-order valence-electron chi connectivity index (χ0n) is 12.6. The molecular weight excluding hydrogens is 304 g/mol. The Kier molecular flexibility index (Phi) is 5.65. The molecule has 2 N–H and O–H groups in total. The average Bonchev–Trinajstić information content (AvgIpc) is 2.55. The Bertz CT molecular complexity index is 704. The topological polar surface area (TPSA) is 58.6 Å². The second-order valence-corrected chi connectivity index (χ2v) is 4.97. The van der Waals surface area contributed by atoms with Crippen molar-refractivity contribution in [1.29, 1.82) is 0 Å². The summed E-state index contributed by atoms with van der Waals surface area (Å²) in [4.78, 5) is 11.9. The highest BCUT2D eigenvalue weighted by atomic mass is 19.1. The van der Waals surface area contributed by atoms with Crippen LogP contribution >= 0.6 is 0 Å². The molecule has 0 aromatic heterocycles. The van der Waals surface area contributed by atoms with E-state index in [-0.39, 0.29) is 30.9 Å². The van der Waals surface area contributed by atoms with Crippen LogP contribution in [0.15, 0.2) is 36.4 Å². The average molecular weight is 321 g/mol. The summed E-state index contributed by atoms with van der Waals surface area (Å²) < 4.78 is 31.6. The van der Waals surface area contributed by atoms with Gasteiger partial charge in [0.2, 0.25) is 5.91 Å². The molecule has 0 aliphatic carbocycles. The summed E-state index contributed by atoms with van der Waals surface area (Å²) in [6.45, 7) is -0.221. The summed E-state index contributed by atoms with van der Waals surface area (Å²) in [6.07, 6.45) is 0.110. The molecule has 0 aliphatic heterocycles. The van der Waals surface area contributed by atoms with E-state index in [2.05, 4.69) is 5.32 Å². The Labute approximate surface area is 132 Å². The Morgan fingerprint density at radius 1 is 1.17 bits per heavy atom. The molecule has 2 rings (SSSR count). The van der Waals surface area contributed by atoms with Crippen LogP contribution < -0.4 is 10.1 Å². The SMILES string of the molecule is COc1ccc(NC(=O)CCc2cc(F)ccc2F)cc1CO. The van der Waals surface area contributed by atoms with E-state index in [9.17, 15) is 18.7 Å². The van der Waals surface area contributed by atoms with Crippen LogP contribution in [0.2, 0.25) is 0 Å². The lowest BCUT2D eigenvalue weighted by molar-refractivity contribution is -0.116. The molecule has 2 aromatic rings. The van der Waals surface area contributed by atoms with Crippen LogP contribution in [0.3, 0.4) is 0 Å². The summed E-state index contributed by atoms with van der Waals surface area (Å²) in [7, 11) is 1.49. The van der Waals surface area contributed by atoms with Gasteiger partial charge in [-0.15, -0.1) is 0 Å². The number of anilines is 1. The fraction of sp³-hybridized carbons (Fsp3) is 0.235. The Morgan fingerprint density at radius 2 is 1.96 bits per heavy atom. The predicted octanol–water partition coefficient (Wildman–Crippen LogP) is 3.04. The van der Waals surface area contributed by atoms with Crippen molar-refractivity contribution >= 4 is 11.6 Å². The van der Waals surface area contributed by atoms with Gasteiger partial charge in [-0.2, -0.15) is 0 Å². The molecule has 0 unspecified atom stereocenters. The summed E-state index contributed by atoms with van der Waals surface area (Å²) >= 11 is 0. The van der Waals surface area contributed by atoms with E-state index < -0.39 is 11.6 Å². The van der Waals surface area contributed by atoms with Gasteiger partial charge in [0.05, 0.1) is 13.7 Å². The van der Waals surface area contributed by atoms with Crippen molar-refractivity contribution < 1.29 is 23.4 Å². The van der Waals surface area contributed by atoms with Crippen molar-refractivity contribution in [2.45, 2.75) is 19.4 Å². The van der Waals surface area contributed by atoms with Gasteiger partial charge in [0, 0.05) is 17.7 Å². The first-order valence-corrected chi connectivity index (χ1v) is 7.05. The van der Waals surface area contributed by atoms with Gasteiger partial charge in [-0.05, 0) is 48.4 Å². The number of methoxy groups -OCH3 is 1. The highest BCUT2D eigenvalue weighted by Crippen LogP contribution is 2.22. The molecule has 0 saturated carbocycles. The molecule has 4 nitrogen and oxygen atoms in total. The zero-order chi connectivity index (χ0) is 16.8. The van der Waals surface area contributed by atoms with Crippen LogP contribution in [0.4, 0.5) is 14.5 Å². The summed E-state index contributed by atoms with van der Waals surface area (Å²) in [5.41, 5.74) is 1.20. The molecule has 6 heteroatoms. The van der Waals surface area contributed by atoms with E-state index >= 15 is 0 Å². The normalized spacial score (nSPS) is 10.4. The van der Waals surface area contributed by atoms with Crippen LogP contribution in [0.1, 0.15) is 17.5 Å². The first-order chi connectivity index (χ1) is 11.0. The van der Waals surface area contributed by atoms with Crippen LogP contribution in [0.5, 0.6) is 5.75 Å². The number of benzene rings is 2. The van der Waals surface area contributed by atoms with E-state index in [4.69, 9.17) is 4.74 Å². The smallest absolute Gasteiger partial charge is 0.224 e.